The van der Waals surface area contributed by atoms with Gasteiger partial charge in [-0.05, 0) is 39.3 Å². The highest BCUT2D eigenvalue weighted by Gasteiger charge is 2.35. The highest BCUT2D eigenvalue weighted by Crippen LogP contribution is 2.27. The van der Waals surface area contributed by atoms with Crippen molar-refractivity contribution in [3.8, 4) is 0 Å². The van der Waals surface area contributed by atoms with Gasteiger partial charge in [0.25, 0.3) is 0 Å². The molecule has 0 bridgehead atoms. The molecule has 0 aromatic heterocycles. The molecule has 2 aliphatic rings. The van der Waals surface area contributed by atoms with Crippen LogP contribution in [-0.2, 0) is 0 Å². The summed E-state index contributed by atoms with van der Waals surface area (Å²) in [6.07, 6.45) is 4.79. The number of nitrogens with one attached hydrogen (secondary N) is 1. The fourth-order valence-corrected chi connectivity index (χ4v) is 2.29. The average molecular weight is 211 g/mol. The summed E-state index contributed by atoms with van der Waals surface area (Å²) in [5.41, 5.74) is 0. The second-order valence-electron chi connectivity index (χ2n) is 4.50. The molecule has 1 aliphatic heterocycles. The molecule has 0 atom stereocenters. The molecule has 1 N–H and O–H groups in total. The van der Waals surface area contributed by atoms with Crippen LogP contribution in [0.3, 0.4) is 0 Å². The third-order valence-electron chi connectivity index (χ3n) is 3.50. The van der Waals surface area contributed by atoms with Crippen LogP contribution in [0.15, 0.2) is 0 Å². The third kappa shape index (κ3) is 2.25. The first-order chi connectivity index (χ1) is 7.33. The van der Waals surface area contributed by atoms with Gasteiger partial charge in [0, 0.05) is 25.7 Å². The van der Waals surface area contributed by atoms with E-state index in [1.54, 1.807) is 0 Å². The molecule has 0 spiro atoms. The van der Waals surface area contributed by atoms with Gasteiger partial charge in [-0.25, -0.2) is 4.79 Å². The Morgan fingerprint density at radius 2 is 2.20 bits per heavy atom. The van der Waals surface area contributed by atoms with Gasteiger partial charge in [0.05, 0.1) is 0 Å². The van der Waals surface area contributed by atoms with E-state index in [2.05, 4.69) is 10.2 Å². The minimum absolute atomic E-state index is 0.274. The van der Waals surface area contributed by atoms with Gasteiger partial charge in [0.15, 0.2) is 0 Å². The SMILES string of the molecule is CNCCCN1CCN(C2CCC2)C1=O. The van der Waals surface area contributed by atoms with Crippen molar-refractivity contribution >= 4 is 6.03 Å². The molecule has 1 heterocycles. The van der Waals surface area contributed by atoms with Crippen molar-refractivity contribution in [2.75, 3.05) is 33.2 Å². The maximum atomic E-state index is 12.0. The fraction of sp³-hybridized carbons (Fsp3) is 0.909. The predicted molar refractivity (Wildman–Crippen MR) is 59.9 cm³/mol. The normalized spacial score (nSPS) is 22.3. The van der Waals surface area contributed by atoms with Crippen LogP contribution in [0.1, 0.15) is 25.7 Å². The molecule has 15 heavy (non-hydrogen) atoms. The zero-order chi connectivity index (χ0) is 10.7. The highest BCUT2D eigenvalue weighted by atomic mass is 16.2. The third-order valence-corrected chi connectivity index (χ3v) is 3.50. The van der Waals surface area contributed by atoms with E-state index in [0.717, 1.165) is 32.6 Å². The summed E-state index contributed by atoms with van der Waals surface area (Å²) in [6, 6.07) is 0.836. The van der Waals surface area contributed by atoms with Crippen molar-refractivity contribution in [3.05, 3.63) is 0 Å². The molecule has 0 radical (unpaired) electrons. The quantitative estimate of drug-likeness (QED) is 0.685. The van der Waals surface area contributed by atoms with Crippen LogP contribution < -0.4 is 5.32 Å². The van der Waals surface area contributed by atoms with E-state index in [9.17, 15) is 4.79 Å². The summed E-state index contributed by atoms with van der Waals surface area (Å²) < 4.78 is 0. The molecule has 4 nitrogen and oxygen atoms in total. The van der Waals surface area contributed by atoms with E-state index in [0.29, 0.717) is 6.04 Å². The first kappa shape index (κ1) is 10.7. The molecule has 1 saturated heterocycles. The van der Waals surface area contributed by atoms with E-state index in [4.69, 9.17) is 0 Å². The Kier molecular flexibility index (Phi) is 3.46. The van der Waals surface area contributed by atoms with E-state index in [1.165, 1.54) is 19.3 Å². The lowest BCUT2D eigenvalue weighted by Crippen LogP contribution is -2.43. The largest absolute Gasteiger partial charge is 0.323 e. The van der Waals surface area contributed by atoms with Crippen LogP contribution in [0.4, 0.5) is 4.79 Å². The molecule has 1 saturated carbocycles. The zero-order valence-corrected chi connectivity index (χ0v) is 9.54. The van der Waals surface area contributed by atoms with E-state index in [-0.39, 0.29) is 6.03 Å². The summed E-state index contributed by atoms with van der Waals surface area (Å²) in [7, 11) is 1.95. The lowest BCUT2D eigenvalue weighted by molar-refractivity contribution is 0.149. The summed E-state index contributed by atoms with van der Waals surface area (Å²) in [5, 5.41) is 3.11. The average Bonchev–Trinajstić information content (AvgIpc) is 2.48. The summed E-state index contributed by atoms with van der Waals surface area (Å²) in [4.78, 5) is 16.0. The number of rotatable bonds is 5. The molecular weight excluding hydrogens is 190 g/mol. The standard InChI is InChI=1S/C11H21N3O/c1-12-6-3-7-13-8-9-14(11(13)15)10-4-2-5-10/h10,12H,2-9H2,1H3. The molecule has 4 heteroatoms. The number of hydrogen-bond acceptors (Lipinski definition) is 2. The maximum Gasteiger partial charge on any atom is 0.320 e. The molecule has 2 fully saturated rings. The van der Waals surface area contributed by atoms with E-state index in [1.807, 2.05) is 11.9 Å². The number of carbonyl (C=O) groups is 1. The molecule has 0 unspecified atom stereocenters. The van der Waals surface area contributed by atoms with Crippen molar-refractivity contribution in [2.45, 2.75) is 31.7 Å². The topological polar surface area (TPSA) is 35.6 Å². The first-order valence-corrected chi connectivity index (χ1v) is 6.03. The summed E-state index contributed by atoms with van der Waals surface area (Å²) in [6.45, 7) is 3.78. The van der Waals surface area contributed by atoms with Gasteiger partial charge in [0.2, 0.25) is 0 Å². The number of nitrogens with zero attached hydrogens (tertiary/aromatic N) is 2. The van der Waals surface area contributed by atoms with Crippen LogP contribution in [0.2, 0.25) is 0 Å². The van der Waals surface area contributed by atoms with E-state index < -0.39 is 0 Å². The van der Waals surface area contributed by atoms with Crippen LogP contribution >= 0.6 is 0 Å². The van der Waals surface area contributed by atoms with Gasteiger partial charge < -0.3 is 15.1 Å². The fourth-order valence-electron chi connectivity index (χ4n) is 2.29. The molecule has 86 valence electrons. The van der Waals surface area contributed by atoms with Gasteiger partial charge in [0.1, 0.15) is 0 Å². The highest BCUT2D eigenvalue weighted by molar-refractivity contribution is 5.77. The Morgan fingerprint density at radius 1 is 1.40 bits per heavy atom. The smallest absolute Gasteiger partial charge is 0.320 e. The van der Waals surface area contributed by atoms with Crippen molar-refractivity contribution in [1.82, 2.24) is 15.1 Å². The van der Waals surface area contributed by atoms with Crippen molar-refractivity contribution in [1.29, 1.82) is 0 Å². The van der Waals surface area contributed by atoms with Crippen molar-refractivity contribution in [3.63, 3.8) is 0 Å². The predicted octanol–water partition coefficient (Wildman–Crippen LogP) is 0.886. The molecule has 2 rings (SSSR count). The molecule has 0 aromatic carbocycles. The molecule has 1 aliphatic carbocycles. The zero-order valence-electron chi connectivity index (χ0n) is 9.54. The van der Waals surface area contributed by atoms with Crippen LogP contribution in [0.25, 0.3) is 0 Å². The van der Waals surface area contributed by atoms with Gasteiger partial charge >= 0.3 is 6.03 Å². The molecular formula is C11H21N3O. The summed E-state index contributed by atoms with van der Waals surface area (Å²) >= 11 is 0. The number of hydrogen-bond donors (Lipinski definition) is 1. The number of carbonyl (C=O) groups excluding carboxylic acids is 1. The Balaban J connectivity index is 1.76. The maximum absolute atomic E-state index is 12.0. The Bertz CT molecular complexity index is 228. The van der Waals surface area contributed by atoms with Gasteiger partial charge in [-0.15, -0.1) is 0 Å². The number of urea groups is 1. The van der Waals surface area contributed by atoms with Crippen LogP contribution in [-0.4, -0.2) is 55.1 Å². The van der Waals surface area contributed by atoms with E-state index >= 15 is 0 Å². The Hall–Kier alpha value is -0.770. The molecule has 0 aromatic rings. The minimum Gasteiger partial charge on any atom is -0.323 e. The minimum atomic E-state index is 0.274. The second kappa shape index (κ2) is 4.84. The Morgan fingerprint density at radius 3 is 2.80 bits per heavy atom. The second-order valence-corrected chi connectivity index (χ2v) is 4.50. The first-order valence-electron chi connectivity index (χ1n) is 6.03. The van der Waals surface area contributed by atoms with Gasteiger partial charge in [-0.3, -0.25) is 0 Å². The number of amides is 2. The molecule has 2 amide bonds. The van der Waals surface area contributed by atoms with Crippen molar-refractivity contribution < 1.29 is 4.79 Å². The van der Waals surface area contributed by atoms with Crippen LogP contribution in [0, 0.1) is 0 Å². The lowest BCUT2D eigenvalue weighted by Gasteiger charge is -2.34. The summed E-state index contributed by atoms with van der Waals surface area (Å²) in [5.74, 6) is 0. The van der Waals surface area contributed by atoms with Gasteiger partial charge in [-0.2, -0.15) is 0 Å². The van der Waals surface area contributed by atoms with Crippen molar-refractivity contribution in [2.24, 2.45) is 0 Å². The van der Waals surface area contributed by atoms with Crippen LogP contribution in [0.5, 0.6) is 0 Å². The van der Waals surface area contributed by atoms with Gasteiger partial charge in [-0.1, -0.05) is 0 Å². The monoisotopic (exact) mass is 211 g/mol. The Labute approximate surface area is 91.6 Å². The lowest BCUT2D eigenvalue weighted by atomic mass is 9.92.